The first-order chi connectivity index (χ1) is 3.68. The predicted molar refractivity (Wildman–Crippen MR) is 30.3 cm³/mol. The summed E-state index contributed by atoms with van der Waals surface area (Å²) in [6.45, 7) is 4.50. The zero-order valence-corrected chi connectivity index (χ0v) is 4.50. The van der Waals surface area contributed by atoms with Gasteiger partial charge in [-0.3, -0.25) is 0 Å². The summed E-state index contributed by atoms with van der Waals surface area (Å²) in [5, 5.41) is 9.72. The molecule has 0 rings (SSSR count). The van der Waals surface area contributed by atoms with Crippen LogP contribution in [-0.2, 0) is 0 Å². The number of hydrogen-bond donors (Lipinski definition) is 0. The topological polar surface area (TPSA) is 55.5 Å². The van der Waals surface area contributed by atoms with Crippen LogP contribution in [0.15, 0.2) is 17.8 Å². The minimum absolute atomic E-state index is 0.139. The highest BCUT2D eigenvalue weighted by atomic mass is 16.6. The SMILES string of the molecule is C=CN=C(C)[N+](=O)[O-]. The average Bonchev–Trinajstić information content (AvgIpc) is 1.67. The molecule has 0 unspecified atom stereocenters. The first-order valence-corrected chi connectivity index (χ1v) is 1.98. The fourth-order valence-electron chi connectivity index (χ4n) is 0.179. The van der Waals surface area contributed by atoms with Gasteiger partial charge in [-0.05, 0) is 4.92 Å². The normalized spacial score (nSPS) is 10.9. The zero-order chi connectivity index (χ0) is 6.57. The summed E-state index contributed by atoms with van der Waals surface area (Å²) in [4.78, 5) is 12.5. The fraction of sp³-hybridized carbons (Fsp3) is 0.250. The zero-order valence-electron chi connectivity index (χ0n) is 4.50. The van der Waals surface area contributed by atoms with Gasteiger partial charge in [-0.25, -0.2) is 0 Å². The molecule has 0 bridgehead atoms. The number of rotatable bonds is 1. The summed E-state index contributed by atoms with van der Waals surface area (Å²) >= 11 is 0. The van der Waals surface area contributed by atoms with Gasteiger partial charge in [-0.2, -0.15) is 0 Å². The molecule has 0 radical (unpaired) electrons. The van der Waals surface area contributed by atoms with Crippen LogP contribution in [0.25, 0.3) is 0 Å². The Hall–Kier alpha value is -1.19. The summed E-state index contributed by atoms with van der Waals surface area (Å²) in [5.74, 6) is -0.139. The van der Waals surface area contributed by atoms with E-state index >= 15 is 0 Å². The van der Waals surface area contributed by atoms with Gasteiger partial charge < -0.3 is 10.1 Å². The van der Waals surface area contributed by atoms with E-state index in [0.29, 0.717) is 0 Å². The van der Waals surface area contributed by atoms with Crippen LogP contribution in [0.3, 0.4) is 0 Å². The van der Waals surface area contributed by atoms with Crippen molar-refractivity contribution in [1.29, 1.82) is 0 Å². The lowest BCUT2D eigenvalue weighted by Crippen LogP contribution is -2.04. The number of nitrogens with zero attached hydrogens (tertiary/aromatic N) is 2. The molecule has 0 amide bonds. The molecule has 0 fully saturated rings. The molecule has 0 heterocycles. The molecule has 4 nitrogen and oxygen atoms in total. The molecule has 0 aliphatic carbocycles. The molecule has 44 valence electrons. The molecule has 0 aromatic rings. The third-order valence-electron chi connectivity index (χ3n) is 0.542. The van der Waals surface area contributed by atoms with E-state index in [4.69, 9.17) is 0 Å². The summed E-state index contributed by atoms with van der Waals surface area (Å²) in [7, 11) is 0. The minimum Gasteiger partial charge on any atom is -0.358 e. The maximum absolute atomic E-state index is 9.72. The van der Waals surface area contributed by atoms with Crippen molar-refractivity contribution >= 4 is 5.84 Å². The fourth-order valence-corrected chi connectivity index (χ4v) is 0.179. The second-order valence-electron chi connectivity index (χ2n) is 1.12. The van der Waals surface area contributed by atoms with Crippen molar-refractivity contribution in [3.05, 3.63) is 22.9 Å². The molecule has 8 heavy (non-hydrogen) atoms. The first-order valence-electron chi connectivity index (χ1n) is 1.98. The van der Waals surface area contributed by atoms with Gasteiger partial charge in [-0.1, -0.05) is 11.6 Å². The Morgan fingerprint density at radius 1 is 2.00 bits per heavy atom. The van der Waals surface area contributed by atoms with Crippen molar-refractivity contribution in [3.8, 4) is 0 Å². The Morgan fingerprint density at radius 2 is 2.50 bits per heavy atom. The number of hydrogen-bond acceptors (Lipinski definition) is 3. The van der Waals surface area contributed by atoms with Crippen LogP contribution >= 0.6 is 0 Å². The van der Waals surface area contributed by atoms with Gasteiger partial charge in [0.05, 0.1) is 0 Å². The van der Waals surface area contributed by atoms with Crippen LogP contribution in [0.1, 0.15) is 6.92 Å². The number of amidine groups is 1. The third kappa shape index (κ3) is 2.07. The number of aliphatic imine (C=N–C) groups is 1. The van der Waals surface area contributed by atoms with Gasteiger partial charge in [0, 0.05) is 6.92 Å². The quantitative estimate of drug-likeness (QED) is 0.219. The Labute approximate surface area is 46.7 Å². The molecule has 0 spiro atoms. The maximum Gasteiger partial charge on any atom is 0.335 e. The van der Waals surface area contributed by atoms with E-state index in [0.717, 1.165) is 6.20 Å². The molecular formula is C4H6N2O2. The van der Waals surface area contributed by atoms with Crippen LogP contribution in [0.2, 0.25) is 0 Å². The van der Waals surface area contributed by atoms with Gasteiger partial charge in [0.1, 0.15) is 6.20 Å². The Balaban J connectivity index is 3.99. The van der Waals surface area contributed by atoms with Gasteiger partial charge >= 0.3 is 5.84 Å². The first kappa shape index (κ1) is 6.81. The molecule has 0 saturated heterocycles. The Kier molecular flexibility index (Phi) is 2.47. The van der Waals surface area contributed by atoms with Gasteiger partial charge in [0.15, 0.2) is 0 Å². The van der Waals surface area contributed by atoms with Crippen molar-refractivity contribution < 1.29 is 4.92 Å². The van der Waals surface area contributed by atoms with Gasteiger partial charge in [0.2, 0.25) is 0 Å². The van der Waals surface area contributed by atoms with Crippen LogP contribution in [0, 0.1) is 10.1 Å². The molecule has 4 heteroatoms. The lowest BCUT2D eigenvalue weighted by atomic mass is 10.7. The Morgan fingerprint density at radius 3 is 2.62 bits per heavy atom. The lowest BCUT2D eigenvalue weighted by Gasteiger charge is -1.84. The van der Waals surface area contributed by atoms with E-state index in [9.17, 15) is 10.1 Å². The van der Waals surface area contributed by atoms with E-state index in [1.54, 1.807) is 0 Å². The van der Waals surface area contributed by atoms with Crippen LogP contribution < -0.4 is 0 Å². The molecule has 0 N–H and O–H groups in total. The highest BCUT2D eigenvalue weighted by Gasteiger charge is 1.97. The van der Waals surface area contributed by atoms with E-state index in [-0.39, 0.29) is 5.84 Å². The van der Waals surface area contributed by atoms with Gasteiger partial charge in [0.25, 0.3) is 0 Å². The molecule has 0 aliphatic rings. The Bertz CT molecular complexity index is 139. The average molecular weight is 114 g/mol. The van der Waals surface area contributed by atoms with Crippen LogP contribution in [-0.4, -0.2) is 10.8 Å². The summed E-state index contributed by atoms with van der Waals surface area (Å²) in [5.41, 5.74) is 0. The number of nitro groups is 1. The molecule has 0 atom stereocenters. The monoisotopic (exact) mass is 114 g/mol. The van der Waals surface area contributed by atoms with Crippen molar-refractivity contribution in [2.75, 3.05) is 0 Å². The smallest absolute Gasteiger partial charge is 0.335 e. The molecular weight excluding hydrogens is 108 g/mol. The van der Waals surface area contributed by atoms with E-state index in [2.05, 4.69) is 11.6 Å². The van der Waals surface area contributed by atoms with Crippen molar-refractivity contribution in [3.63, 3.8) is 0 Å². The largest absolute Gasteiger partial charge is 0.358 e. The van der Waals surface area contributed by atoms with Gasteiger partial charge in [-0.15, -0.1) is 0 Å². The third-order valence-corrected chi connectivity index (χ3v) is 0.542. The summed E-state index contributed by atoms with van der Waals surface area (Å²) in [6, 6.07) is 0. The summed E-state index contributed by atoms with van der Waals surface area (Å²) in [6.07, 6.45) is 1.14. The van der Waals surface area contributed by atoms with Crippen molar-refractivity contribution in [2.45, 2.75) is 6.92 Å². The van der Waals surface area contributed by atoms with Crippen LogP contribution in [0.5, 0.6) is 0 Å². The molecule has 0 aromatic heterocycles. The van der Waals surface area contributed by atoms with E-state index < -0.39 is 4.92 Å². The van der Waals surface area contributed by atoms with E-state index in [1.807, 2.05) is 0 Å². The van der Waals surface area contributed by atoms with Crippen LogP contribution in [0.4, 0.5) is 0 Å². The highest BCUT2D eigenvalue weighted by molar-refractivity contribution is 5.71. The van der Waals surface area contributed by atoms with E-state index in [1.165, 1.54) is 6.92 Å². The summed E-state index contributed by atoms with van der Waals surface area (Å²) < 4.78 is 0. The van der Waals surface area contributed by atoms with Crippen molar-refractivity contribution in [1.82, 2.24) is 0 Å². The second kappa shape index (κ2) is 2.90. The maximum atomic E-state index is 9.72. The second-order valence-corrected chi connectivity index (χ2v) is 1.12. The predicted octanol–water partition coefficient (Wildman–Crippen LogP) is 0.825. The molecule has 0 saturated carbocycles. The highest BCUT2D eigenvalue weighted by Crippen LogP contribution is 1.77. The standard InChI is InChI=1S/C4H6N2O2/c1-3-5-4(2)6(7)8/h3H,1H2,2H3. The molecule has 0 aromatic carbocycles. The minimum atomic E-state index is -0.568. The lowest BCUT2D eigenvalue weighted by molar-refractivity contribution is -0.351. The van der Waals surface area contributed by atoms with Crippen molar-refractivity contribution in [2.24, 2.45) is 4.99 Å². The molecule has 0 aliphatic heterocycles.